The van der Waals surface area contributed by atoms with Gasteiger partial charge in [0.25, 0.3) is 5.91 Å². The van der Waals surface area contributed by atoms with Crippen molar-refractivity contribution < 1.29 is 22.8 Å². The van der Waals surface area contributed by atoms with E-state index in [1.165, 1.54) is 30.0 Å². The number of hydrogen-bond acceptors (Lipinski definition) is 3. The zero-order valence-corrected chi connectivity index (χ0v) is 15.4. The fraction of sp³-hybridized carbons (Fsp3) is 0.263. The highest BCUT2D eigenvalue weighted by Crippen LogP contribution is 2.18. The lowest BCUT2D eigenvalue weighted by Gasteiger charge is -2.12. The van der Waals surface area contributed by atoms with Gasteiger partial charge >= 0.3 is 6.18 Å². The summed E-state index contributed by atoms with van der Waals surface area (Å²) in [5, 5.41) is 4.38. The van der Waals surface area contributed by atoms with Gasteiger partial charge in [-0.1, -0.05) is 42.0 Å². The van der Waals surface area contributed by atoms with Gasteiger partial charge in [0.15, 0.2) is 0 Å². The van der Waals surface area contributed by atoms with Crippen LogP contribution in [0.5, 0.6) is 0 Å². The fourth-order valence-corrected chi connectivity index (χ4v) is 2.99. The smallest absolute Gasteiger partial charge is 0.343 e. The van der Waals surface area contributed by atoms with Crippen LogP contribution in [-0.2, 0) is 10.5 Å². The van der Waals surface area contributed by atoms with Crippen molar-refractivity contribution in [3.63, 3.8) is 0 Å². The number of aryl methyl sites for hydroxylation is 1. The molecule has 0 aliphatic rings. The Morgan fingerprint density at radius 3 is 2.37 bits per heavy atom. The van der Waals surface area contributed by atoms with E-state index in [1.54, 1.807) is 11.4 Å². The number of thioether (sulfide) groups is 1. The summed E-state index contributed by atoms with van der Waals surface area (Å²) in [7, 11) is 0. The van der Waals surface area contributed by atoms with E-state index in [-0.39, 0.29) is 22.9 Å². The van der Waals surface area contributed by atoms with Gasteiger partial charge in [-0.25, -0.2) is 0 Å². The number of alkyl halides is 3. The molecule has 4 nitrogen and oxygen atoms in total. The third kappa shape index (κ3) is 7.34. The predicted molar refractivity (Wildman–Crippen MR) is 101 cm³/mol. The van der Waals surface area contributed by atoms with Crippen LogP contribution in [0.4, 0.5) is 18.9 Å². The van der Waals surface area contributed by atoms with Crippen molar-refractivity contribution in [1.29, 1.82) is 0 Å². The van der Waals surface area contributed by atoms with Gasteiger partial charge in [-0.3, -0.25) is 9.59 Å². The van der Waals surface area contributed by atoms with Crippen LogP contribution < -0.4 is 10.6 Å². The standard InChI is InChI=1S/C19H19F3N2O2S/c1-13-6-8-14(9-7-13)10-27-11-17(25)24-16-5-3-2-4-15(16)18(26)23-12-19(20,21)22/h2-9H,10-12H2,1H3,(H,23,26)(H,24,25). The summed E-state index contributed by atoms with van der Waals surface area (Å²) in [4.78, 5) is 24.1. The maximum absolute atomic E-state index is 12.3. The van der Waals surface area contributed by atoms with Gasteiger partial charge in [-0.05, 0) is 24.6 Å². The molecule has 2 N–H and O–H groups in total. The van der Waals surface area contributed by atoms with Crippen LogP contribution in [0.1, 0.15) is 21.5 Å². The zero-order chi connectivity index (χ0) is 19.9. The highest BCUT2D eigenvalue weighted by molar-refractivity contribution is 7.99. The van der Waals surface area contributed by atoms with Gasteiger partial charge in [-0.2, -0.15) is 13.2 Å². The molecule has 0 saturated carbocycles. The highest BCUT2D eigenvalue weighted by atomic mass is 32.2. The van der Waals surface area contributed by atoms with Gasteiger partial charge < -0.3 is 10.6 Å². The van der Waals surface area contributed by atoms with Crippen LogP contribution in [0, 0.1) is 6.92 Å². The summed E-state index contributed by atoms with van der Waals surface area (Å²) in [6.07, 6.45) is -4.50. The molecule has 2 amide bonds. The number of amides is 2. The van der Waals surface area contributed by atoms with Crippen molar-refractivity contribution in [2.45, 2.75) is 18.9 Å². The minimum atomic E-state index is -4.50. The Morgan fingerprint density at radius 1 is 1.04 bits per heavy atom. The first-order valence-electron chi connectivity index (χ1n) is 8.12. The summed E-state index contributed by atoms with van der Waals surface area (Å²) in [5.41, 5.74) is 2.41. The summed E-state index contributed by atoms with van der Waals surface area (Å²) < 4.78 is 36.8. The molecular formula is C19H19F3N2O2S. The molecule has 0 atom stereocenters. The minimum Gasteiger partial charge on any atom is -0.343 e. The molecule has 144 valence electrons. The van der Waals surface area contributed by atoms with Crippen molar-refractivity contribution in [2.24, 2.45) is 0 Å². The van der Waals surface area contributed by atoms with E-state index in [0.717, 1.165) is 11.1 Å². The van der Waals surface area contributed by atoms with Crippen LogP contribution in [-0.4, -0.2) is 30.3 Å². The topological polar surface area (TPSA) is 58.2 Å². The number of para-hydroxylation sites is 1. The number of anilines is 1. The first kappa shape index (κ1) is 20.8. The fourth-order valence-electron chi connectivity index (χ4n) is 2.20. The number of carbonyl (C=O) groups excluding carboxylic acids is 2. The lowest BCUT2D eigenvalue weighted by atomic mass is 10.1. The summed E-state index contributed by atoms with van der Waals surface area (Å²) in [6, 6.07) is 13.9. The van der Waals surface area contributed by atoms with Crippen molar-refractivity contribution in [1.82, 2.24) is 5.32 Å². The average Bonchev–Trinajstić information content (AvgIpc) is 2.61. The molecule has 0 heterocycles. The SMILES string of the molecule is Cc1ccc(CSCC(=O)Nc2ccccc2C(=O)NCC(F)(F)F)cc1. The van der Waals surface area contributed by atoms with Crippen molar-refractivity contribution >= 4 is 29.3 Å². The van der Waals surface area contributed by atoms with Crippen LogP contribution in [0.15, 0.2) is 48.5 Å². The maximum atomic E-state index is 12.3. The number of rotatable bonds is 7. The molecule has 2 aromatic rings. The molecule has 0 aliphatic heterocycles. The number of carbonyl (C=O) groups is 2. The molecular weight excluding hydrogens is 377 g/mol. The molecule has 0 aliphatic carbocycles. The second kappa shape index (κ2) is 9.45. The van der Waals surface area contributed by atoms with Gasteiger partial charge in [0.1, 0.15) is 6.54 Å². The molecule has 0 unspecified atom stereocenters. The van der Waals surface area contributed by atoms with E-state index >= 15 is 0 Å². The average molecular weight is 396 g/mol. The molecule has 0 fully saturated rings. The molecule has 8 heteroatoms. The van der Waals surface area contributed by atoms with E-state index < -0.39 is 18.6 Å². The second-order valence-electron chi connectivity index (χ2n) is 5.87. The van der Waals surface area contributed by atoms with Crippen LogP contribution >= 0.6 is 11.8 Å². The van der Waals surface area contributed by atoms with E-state index in [0.29, 0.717) is 5.75 Å². The van der Waals surface area contributed by atoms with Crippen LogP contribution in [0.2, 0.25) is 0 Å². The van der Waals surface area contributed by atoms with Crippen molar-refractivity contribution in [3.8, 4) is 0 Å². The molecule has 0 aromatic heterocycles. The molecule has 0 bridgehead atoms. The Balaban J connectivity index is 1.89. The van der Waals surface area contributed by atoms with Crippen molar-refractivity contribution in [3.05, 3.63) is 65.2 Å². The van der Waals surface area contributed by atoms with Gasteiger partial charge in [0.2, 0.25) is 5.91 Å². The largest absolute Gasteiger partial charge is 0.405 e. The third-order valence-electron chi connectivity index (χ3n) is 3.52. The van der Waals surface area contributed by atoms with E-state index in [4.69, 9.17) is 0 Å². The van der Waals surface area contributed by atoms with Crippen LogP contribution in [0.3, 0.4) is 0 Å². The Kier molecular flexibility index (Phi) is 7.29. The zero-order valence-electron chi connectivity index (χ0n) is 14.6. The monoisotopic (exact) mass is 396 g/mol. The summed E-state index contributed by atoms with van der Waals surface area (Å²) in [5.74, 6) is -0.410. The van der Waals surface area contributed by atoms with Crippen molar-refractivity contribution in [2.75, 3.05) is 17.6 Å². The summed E-state index contributed by atoms with van der Waals surface area (Å²) in [6.45, 7) is 0.563. The quantitative estimate of drug-likeness (QED) is 0.739. The Labute approximate surface area is 159 Å². The van der Waals surface area contributed by atoms with Gasteiger partial charge in [0, 0.05) is 5.75 Å². The third-order valence-corrected chi connectivity index (χ3v) is 4.52. The number of nitrogens with one attached hydrogen (secondary N) is 2. The lowest BCUT2D eigenvalue weighted by molar-refractivity contribution is -0.123. The minimum absolute atomic E-state index is 0.0152. The number of benzene rings is 2. The first-order chi connectivity index (χ1) is 12.7. The second-order valence-corrected chi connectivity index (χ2v) is 6.86. The Morgan fingerprint density at radius 2 is 1.70 bits per heavy atom. The Bertz CT molecular complexity index is 792. The lowest BCUT2D eigenvalue weighted by Crippen LogP contribution is -2.34. The van der Waals surface area contributed by atoms with Crippen LogP contribution in [0.25, 0.3) is 0 Å². The Hall–Kier alpha value is -2.48. The van der Waals surface area contributed by atoms with Gasteiger partial charge in [-0.15, -0.1) is 11.8 Å². The van der Waals surface area contributed by atoms with E-state index in [9.17, 15) is 22.8 Å². The maximum Gasteiger partial charge on any atom is 0.405 e. The molecule has 0 saturated heterocycles. The molecule has 2 rings (SSSR count). The predicted octanol–water partition coefficient (Wildman–Crippen LogP) is 4.16. The number of halogens is 3. The highest BCUT2D eigenvalue weighted by Gasteiger charge is 2.28. The number of hydrogen-bond donors (Lipinski definition) is 2. The molecule has 27 heavy (non-hydrogen) atoms. The van der Waals surface area contributed by atoms with E-state index in [1.807, 2.05) is 31.2 Å². The normalized spacial score (nSPS) is 11.1. The molecule has 0 radical (unpaired) electrons. The summed E-state index contributed by atoms with van der Waals surface area (Å²) >= 11 is 1.41. The molecule has 2 aromatic carbocycles. The van der Waals surface area contributed by atoms with Gasteiger partial charge in [0.05, 0.1) is 17.0 Å². The first-order valence-corrected chi connectivity index (χ1v) is 9.27. The molecule has 0 spiro atoms. The van der Waals surface area contributed by atoms with E-state index in [2.05, 4.69) is 5.32 Å².